The SMILES string of the molecule is CCCCCC=CC(=O)CCc1ccc(O)c(OCCc2ccc(O)c(C3c4cc5c(cc4CCC3C([O-])=C3C=CN=C3)C(N)NCC5)c2)c1. The van der Waals surface area contributed by atoms with Crippen molar-refractivity contribution in [2.75, 3.05) is 13.2 Å². The van der Waals surface area contributed by atoms with E-state index in [4.69, 9.17) is 10.5 Å². The van der Waals surface area contributed by atoms with Crippen LogP contribution in [0.25, 0.3) is 0 Å². The molecular formula is C42H48N3O5-. The Bertz CT molecular complexity index is 1810. The van der Waals surface area contributed by atoms with Gasteiger partial charge < -0.3 is 25.8 Å². The van der Waals surface area contributed by atoms with Gasteiger partial charge in [-0.25, -0.2) is 0 Å². The van der Waals surface area contributed by atoms with Gasteiger partial charge in [0.2, 0.25) is 0 Å². The number of nitrogens with one attached hydrogen (secondary N) is 1. The van der Waals surface area contributed by atoms with Gasteiger partial charge in [-0.2, -0.15) is 0 Å². The summed E-state index contributed by atoms with van der Waals surface area (Å²) in [5.74, 6) is -0.00936. The summed E-state index contributed by atoms with van der Waals surface area (Å²) in [6, 6.07) is 15.2. The van der Waals surface area contributed by atoms with E-state index in [1.807, 2.05) is 24.3 Å². The quantitative estimate of drug-likeness (QED) is 0.0886. The van der Waals surface area contributed by atoms with Crippen molar-refractivity contribution in [2.45, 2.75) is 83.2 Å². The normalized spacial score (nSPS) is 20.6. The van der Waals surface area contributed by atoms with Crippen LogP contribution in [-0.4, -0.2) is 35.4 Å². The molecule has 3 unspecified atom stereocenters. The molecule has 8 heteroatoms. The van der Waals surface area contributed by atoms with Gasteiger partial charge in [-0.1, -0.05) is 56.2 Å². The Morgan fingerprint density at radius 3 is 2.58 bits per heavy atom. The number of phenolic OH excluding ortho intramolecular Hbond substituents is 2. The van der Waals surface area contributed by atoms with Crippen LogP contribution in [0.4, 0.5) is 0 Å². The van der Waals surface area contributed by atoms with Crippen molar-refractivity contribution in [3.8, 4) is 17.2 Å². The maximum absolute atomic E-state index is 13.9. The van der Waals surface area contributed by atoms with Crippen LogP contribution in [0.5, 0.6) is 17.2 Å². The molecule has 262 valence electrons. The van der Waals surface area contributed by atoms with Gasteiger partial charge in [0.15, 0.2) is 17.3 Å². The number of rotatable bonds is 14. The Morgan fingerprint density at radius 2 is 1.78 bits per heavy atom. The lowest BCUT2D eigenvalue weighted by atomic mass is 9.69. The highest BCUT2D eigenvalue weighted by atomic mass is 16.5. The van der Waals surface area contributed by atoms with Crippen LogP contribution in [-0.2, 0) is 30.5 Å². The van der Waals surface area contributed by atoms with Crippen LogP contribution in [0.3, 0.4) is 0 Å². The van der Waals surface area contributed by atoms with Crippen molar-refractivity contribution >= 4 is 12.0 Å². The molecule has 1 aliphatic carbocycles. The van der Waals surface area contributed by atoms with E-state index >= 15 is 0 Å². The first-order valence-electron chi connectivity index (χ1n) is 18.0. The lowest BCUT2D eigenvalue weighted by Gasteiger charge is -2.40. The predicted molar refractivity (Wildman–Crippen MR) is 195 cm³/mol. The molecule has 3 aromatic carbocycles. The number of aromatic hydroxyl groups is 2. The number of unbranched alkanes of at least 4 members (excludes halogenated alkanes) is 3. The Labute approximate surface area is 295 Å². The van der Waals surface area contributed by atoms with Crippen LogP contribution in [0, 0.1) is 5.92 Å². The van der Waals surface area contributed by atoms with Gasteiger partial charge in [-0.05, 0) is 114 Å². The summed E-state index contributed by atoms with van der Waals surface area (Å²) in [7, 11) is 0. The monoisotopic (exact) mass is 674 g/mol. The van der Waals surface area contributed by atoms with E-state index in [2.05, 4.69) is 29.4 Å². The highest BCUT2D eigenvalue weighted by Crippen LogP contribution is 2.47. The lowest BCUT2D eigenvalue weighted by molar-refractivity contribution is -0.317. The van der Waals surface area contributed by atoms with Crippen molar-refractivity contribution in [2.24, 2.45) is 16.6 Å². The number of nitrogens with zero attached hydrogens (tertiary/aromatic N) is 1. The third kappa shape index (κ3) is 8.20. The number of hydrogen-bond acceptors (Lipinski definition) is 8. The number of fused-ring (bicyclic) bond motifs is 2. The highest BCUT2D eigenvalue weighted by molar-refractivity contribution is 5.89. The Kier molecular flexibility index (Phi) is 11.5. The summed E-state index contributed by atoms with van der Waals surface area (Å²) in [6.07, 6.45) is 16.5. The van der Waals surface area contributed by atoms with Crippen molar-refractivity contribution in [1.29, 1.82) is 0 Å². The zero-order valence-corrected chi connectivity index (χ0v) is 28.9. The number of ether oxygens (including phenoxy) is 1. The maximum Gasteiger partial charge on any atom is 0.161 e. The minimum absolute atomic E-state index is 0.0300. The molecule has 2 heterocycles. The van der Waals surface area contributed by atoms with Crippen LogP contribution >= 0.6 is 0 Å². The molecule has 8 nitrogen and oxygen atoms in total. The van der Waals surface area contributed by atoms with Gasteiger partial charge in [0.05, 0.1) is 12.8 Å². The molecule has 0 bridgehead atoms. The first kappa shape index (κ1) is 35.2. The molecule has 50 heavy (non-hydrogen) atoms. The molecule has 0 radical (unpaired) electrons. The molecule has 0 aromatic heterocycles. The van der Waals surface area contributed by atoms with Crippen LogP contribution in [0.15, 0.2) is 89.3 Å². The van der Waals surface area contributed by atoms with Gasteiger partial charge in [0.25, 0.3) is 0 Å². The topological polar surface area (TPSA) is 140 Å². The summed E-state index contributed by atoms with van der Waals surface area (Å²) in [5.41, 5.74) is 14.1. The van der Waals surface area contributed by atoms with Crippen LogP contribution in [0.2, 0.25) is 0 Å². The standard InChI is InChI=1S/C42H49N3O5/c1-2-3-4-5-6-7-32(46)12-8-27-10-15-38(48)39(23-27)50-21-18-28-9-14-37(47)36(22-28)40-33(41(49)31-16-19-44-26-31)13-11-29-25-35-30(24-34(29)40)17-20-45-42(35)43/h6-7,9-10,14-16,19,22-26,33,40,42,45,47-49H,2-5,8,11-13,17-18,20-21,43H2,1H3/p-1. The molecular weight excluding hydrogens is 626 g/mol. The van der Waals surface area contributed by atoms with E-state index in [-0.39, 0.29) is 41.0 Å². The fourth-order valence-corrected chi connectivity index (χ4v) is 7.42. The summed E-state index contributed by atoms with van der Waals surface area (Å²) in [5, 5.41) is 39.1. The van der Waals surface area contributed by atoms with Crippen molar-refractivity contribution in [3.63, 3.8) is 0 Å². The van der Waals surface area contributed by atoms with E-state index < -0.39 is 0 Å². The number of allylic oxidation sites excluding steroid dienone is 5. The summed E-state index contributed by atoms with van der Waals surface area (Å²) in [4.78, 5) is 16.5. The number of aliphatic imine (C=N–C) groups is 1. The van der Waals surface area contributed by atoms with Gasteiger partial charge in [0, 0.05) is 43.3 Å². The Balaban J connectivity index is 1.19. The molecule has 2 aliphatic heterocycles. The third-order valence-corrected chi connectivity index (χ3v) is 10.2. The minimum Gasteiger partial charge on any atom is -0.875 e. The molecule has 0 amide bonds. The molecule has 0 spiro atoms. The number of benzene rings is 3. The second kappa shape index (κ2) is 16.4. The number of carbonyl (C=O) groups excluding carboxylic acids is 1. The maximum atomic E-state index is 13.9. The van der Waals surface area contributed by atoms with E-state index in [0.29, 0.717) is 49.2 Å². The second-order valence-electron chi connectivity index (χ2n) is 13.6. The smallest absolute Gasteiger partial charge is 0.161 e. The fourth-order valence-electron chi connectivity index (χ4n) is 7.42. The number of aryl methyl sites for hydroxylation is 2. The summed E-state index contributed by atoms with van der Waals surface area (Å²) in [6.45, 7) is 3.24. The lowest BCUT2D eigenvalue weighted by Crippen LogP contribution is -2.36. The zero-order chi connectivity index (χ0) is 35.0. The molecule has 3 aromatic rings. The van der Waals surface area contributed by atoms with E-state index in [0.717, 1.165) is 66.5 Å². The average molecular weight is 675 g/mol. The van der Waals surface area contributed by atoms with Gasteiger partial charge in [0.1, 0.15) is 5.75 Å². The largest absolute Gasteiger partial charge is 0.875 e. The zero-order valence-electron chi connectivity index (χ0n) is 28.9. The van der Waals surface area contributed by atoms with Crippen molar-refractivity contribution in [1.82, 2.24) is 5.32 Å². The number of carbonyl (C=O) groups is 1. The van der Waals surface area contributed by atoms with Gasteiger partial charge >= 0.3 is 0 Å². The van der Waals surface area contributed by atoms with Gasteiger partial charge in [-0.3, -0.25) is 15.1 Å². The van der Waals surface area contributed by atoms with E-state index in [1.54, 1.807) is 42.8 Å². The van der Waals surface area contributed by atoms with Crippen molar-refractivity contribution in [3.05, 3.63) is 123 Å². The molecule has 5 N–H and O–H groups in total. The Hall–Kier alpha value is -4.66. The molecule has 0 fully saturated rings. The molecule has 3 aliphatic rings. The summed E-state index contributed by atoms with van der Waals surface area (Å²) >= 11 is 0. The molecule has 0 saturated heterocycles. The number of phenols is 2. The number of hydrogen-bond donors (Lipinski definition) is 4. The van der Waals surface area contributed by atoms with E-state index in [1.165, 1.54) is 12.0 Å². The third-order valence-electron chi connectivity index (χ3n) is 10.2. The Morgan fingerprint density at radius 1 is 1.00 bits per heavy atom. The van der Waals surface area contributed by atoms with Crippen LogP contribution < -0.4 is 20.9 Å². The second-order valence-corrected chi connectivity index (χ2v) is 13.6. The molecule has 3 atom stereocenters. The van der Waals surface area contributed by atoms with Crippen LogP contribution in [0.1, 0.15) is 96.5 Å². The highest BCUT2D eigenvalue weighted by Gasteiger charge is 2.34. The first-order valence-corrected chi connectivity index (χ1v) is 18.0. The van der Waals surface area contributed by atoms with Crippen molar-refractivity contribution < 1.29 is 24.9 Å². The average Bonchev–Trinajstić information content (AvgIpc) is 3.67. The molecule has 6 rings (SSSR count). The van der Waals surface area contributed by atoms with Gasteiger partial charge in [-0.15, -0.1) is 5.76 Å². The fraction of sp³-hybridized carbons (Fsp3) is 0.381. The summed E-state index contributed by atoms with van der Waals surface area (Å²) < 4.78 is 6.05. The predicted octanol–water partition coefficient (Wildman–Crippen LogP) is 6.37. The first-order chi connectivity index (χ1) is 24.3. The minimum atomic E-state index is -0.361. The number of ketones is 1. The van der Waals surface area contributed by atoms with E-state index in [9.17, 15) is 20.1 Å². The number of nitrogens with two attached hydrogens (primary N) is 1. The molecule has 0 saturated carbocycles.